The summed E-state index contributed by atoms with van der Waals surface area (Å²) in [6, 6.07) is -0.750. The molecule has 9 heteroatoms. The van der Waals surface area contributed by atoms with Gasteiger partial charge in [0.25, 0.3) is 0 Å². The first-order valence-corrected chi connectivity index (χ1v) is 21.9. The van der Waals surface area contributed by atoms with Crippen molar-refractivity contribution < 1.29 is 32.9 Å². The summed E-state index contributed by atoms with van der Waals surface area (Å²) >= 11 is 0. The number of unbranched alkanes of at least 4 members (excludes halogenated alkanes) is 24. The van der Waals surface area contributed by atoms with Gasteiger partial charge < -0.3 is 19.8 Å². The molecule has 288 valence electrons. The second-order valence-corrected chi connectivity index (χ2v) is 16.8. The SMILES string of the molecule is CCCCCCCCCCCCCCCCCCCC(=O)N[C@@H](COP(=O)(O)OCC[N+](C)(C)C)[C@H](O)CCCCCCCCCCC. The number of carbonyl (C=O) groups is 1. The fourth-order valence-corrected chi connectivity index (χ4v) is 6.78. The van der Waals surface area contributed by atoms with Crippen LogP contribution >= 0.6 is 7.82 Å². The summed E-state index contributed by atoms with van der Waals surface area (Å²) in [5.74, 6) is -0.144. The molecule has 0 bridgehead atoms. The largest absolute Gasteiger partial charge is 0.472 e. The summed E-state index contributed by atoms with van der Waals surface area (Å²) in [4.78, 5) is 23.0. The van der Waals surface area contributed by atoms with Crippen LogP contribution in [-0.4, -0.2) is 73.4 Å². The maximum atomic E-state index is 12.8. The zero-order chi connectivity index (χ0) is 35.8. The summed E-state index contributed by atoms with van der Waals surface area (Å²) in [7, 11) is 1.62. The Kier molecular flexibility index (Phi) is 32.1. The highest BCUT2D eigenvalue weighted by Gasteiger charge is 2.28. The van der Waals surface area contributed by atoms with Crippen LogP contribution in [0, 0.1) is 0 Å². The minimum absolute atomic E-state index is 0.0780. The summed E-state index contributed by atoms with van der Waals surface area (Å²) in [5, 5.41) is 13.8. The molecule has 0 aromatic rings. The fraction of sp³-hybridized carbons (Fsp3) is 0.974. The Morgan fingerprint density at radius 3 is 1.40 bits per heavy atom. The quantitative estimate of drug-likeness (QED) is 0.0338. The molecule has 0 aliphatic carbocycles. The zero-order valence-corrected chi connectivity index (χ0v) is 33.4. The van der Waals surface area contributed by atoms with Crippen molar-refractivity contribution in [2.45, 2.75) is 206 Å². The molecule has 0 radical (unpaired) electrons. The van der Waals surface area contributed by atoms with E-state index in [2.05, 4.69) is 19.2 Å². The van der Waals surface area contributed by atoms with Crippen LogP contribution in [0.25, 0.3) is 0 Å². The molecule has 48 heavy (non-hydrogen) atoms. The highest BCUT2D eigenvalue weighted by atomic mass is 31.2. The van der Waals surface area contributed by atoms with Crippen molar-refractivity contribution in [2.24, 2.45) is 0 Å². The second-order valence-electron chi connectivity index (χ2n) is 15.4. The van der Waals surface area contributed by atoms with Crippen LogP contribution in [0.15, 0.2) is 0 Å². The lowest BCUT2D eigenvalue weighted by atomic mass is 10.0. The predicted molar refractivity (Wildman–Crippen MR) is 203 cm³/mol. The van der Waals surface area contributed by atoms with Gasteiger partial charge in [-0.2, -0.15) is 0 Å². The number of nitrogens with one attached hydrogen (secondary N) is 1. The van der Waals surface area contributed by atoms with E-state index in [4.69, 9.17) is 9.05 Å². The van der Waals surface area contributed by atoms with E-state index in [0.29, 0.717) is 23.9 Å². The Morgan fingerprint density at radius 1 is 0.625 bits per heavy atom. The van der Waals surface area contributed by atoms with E-state index in [1.165, 1.54) is 128 Å². The number of rotatable bonds is 37. The van der Waals surface area contributed by atoms with Crippen LogP contribution in [-0.2, 0) is 18.4 Å². The minimum atomic E-state index is -4.30. The number of hydrogen-bond donors (Lipinski definition) is 3. The van der Waals surface area contributed by atoms with Crippen molar-refractivity contribution in [2.75, 3.05) is 40.9 Å². The molecule has 3 N–H and O–H groups in total. The maximum absolute atomic E-state index is 12.8. The van der Waals surface area contributed by atoms with Gasteiger partial charge in [-0.1, -0.05) is 174 Å². The van der Waals surface area contributed by atoms with Crippen molar-refractivity contribution >= 4 is 13.7 Å². The molecule has 0 heterocycles. The van der Waals surface area contributed by atoms with Gasteiger partial charge in [0.15, 0.2) is 0 Å². The third kappa shape index (κ3) is 34.0. The van der Waals surface area contributed by atoms with E-state index in [1.54, 1.807) is 0 Å². The van der Waals surface area contributed by atoms with Crippen molar-refractivity contribution in [1.82, 2.24) is 5.32 Å². The lowest BCUT2D eigenvalue weighted by Gasteiger charge is -2.26. The number of aliphatic hydroxyl groups excluding tert-OH is 1. The molecule has 1 amide bonds. The normalized spacial score (nSPS) is 14.6. The molecule has 0 saturated carbocycles. The topological polar surface area (TPSA) is 105 Å². The number of likely N-dealkylation sites (N-methyl/N-ethyl adjacent to an activating group) is 1. The maximum Gasteiger partial charge on any atom is 0.472 e. The van der Waals surface area contributed by atoms with E-state index < -0.39 is 20.0 Å². The van der Waals surface area contributed by atoms with Crippen molar-refractivity contribution in [3.8, 4) is 0 Å². The summed E-state index contributed by atoms with van der Waals surface area (Å²) in [5.41, 5.74) is 0. The molecule has 0 aliphatic heterocycles. The molecule has 0 aromatic carbocycles. The molecular formula is C39H82N2O6P+. The molecule has 3 atom stereocenters. The van der Waals surface area contributed by atoms with Gasteiger partial charge in [-0.05, 0) is 12.8 Å². The van der Waals surface area contributed by atoms with Crippen molar-refractivity contribution in [3.05, 3.63) is 0 Å². The Labute approximate surface area is 298 Å². The highest BCUT2D eigenvalue weighted by molar-refractivity contribution is 7.47. The van der Waals surface area contributed by atoms with E-state index >= 15 is 0 Å². The fourth-order valence-electron chi connectivity index (χ4n) is 6.05. The third-order valence-corrected chi connectivity index (χ3v) is 10.3. The number of hydrogen-bond acceptors (Lipinski definition) is 5. The van der Waals surface area contributed by atoms with Gasteiger partial charge in [0.05, 0.1) is 39.9 Å². The van der Waals surface area contributed by atoms with Gasteiger partial charge in [0.2, 0.25) is 5.91 Å². The van der Waals surface area contributed by atoms with Crippen LogP contribution in [0.4, 0.5) is 0 Å². The Hall–Kier alpha value is -0.500. The number of quaternary nitrogens is 1. The highest BCUT2D eigenvalue weighted by Crippen LogP contribution is 2.43. The van der Waals surface area contributed by atoms with E-state index in [9.17, 15) is 19.4 Å². The van der Waals surface area contributed by atoms with E-state index in [1.807, 2.05) is 21.1 Å². The monoisotopic (exact) mass is 706 g/mol. The second kappa shape index (κ2) is 32.4. The molecule has 0 aromatic heterocycles. The smallest absolute Gasteiger partial charge is 0.391 e. The Morgan fingerprint density at radius 2 is 1.00 bits per heavy atom. The van der Waals surface area contributed by atoms with Crippen LogP contribution in [0.5, 0.6) is 0 Å². The summed E-state index contributed by atoms with van der Waals surface area (Å²) in [6.07, 6.45) is 32.7. The predicted octanol–water partition coefficient (Wildman–Crippen LogP) is 10.6. The number of nitrogens with zero attached hydrogens (tertiary/aromatic N) is 1. The first-order valence-electron chi connectivity index (χ1n) is 20.4. The molecule has 0 rings (SSSR count). The van der Waals surface area contributed by atoms with Crippen LogP contribution in [0.2, 0.25) is 0 Å². The van der Waals surface area contributed by atoms with Crippen molar-refractivity contribution in [1.29, 1.82) is 0 Å². The summed E-state index contributed by atoms with van der Waals surface area (Å²) in [6.45, 7) is 4.87. The molecule has 0 aliphatic rings. The zero-order valence-electron chi connectivity index (χ0n) is 32.5. The lowest BCUT2D eigenvalue weighted by molar-refractivity contribution is -0.870. The Bertz CT molecular complexity index is 763. The number of amides is 1. The first-order chi connectivity index (χ1) is 23.0. The van der Waals surface area contributed by atoms with Crippen LogP contribution in [0.3, 0.4) is 0 Å². The number of phosphoric ester groups is 1. The molecule has 8 nitrogen and oxygen atoms in total. The number of phosphoric acid groups is 1. The molecule has 1 unspecified atom stereocenters. The standard InChI is InChI=1S/C39H81N2O6P/c1-6-8-10-12-14-16-17-18-19-20-21-22-23-25-27-29-31-33-39(43)40-37(36-47-48(44,45)46-35-34-41(3,4)5)38(42)32-30-28-26-24-15-13-11-9-7-2/h37-38,42H,6-36H2,1-5H3,(H-,40,43,44,45)/p+1/t37-,38+/m0/s1. The molecule has 0 spiro atoms. The number of carbonyl (C=O) groups excluding carboxylic acids is 1. The number of aliphatic hydroxyl groups is 1. The molecule has 0 saturated heterocycles. The van der Waals surface area contributed by atoms with Gasteiger partial charge in [0.1, 0.15) is 13.2 Å². The van der Waals surface area contributed by atoms with Gasteiger partial charge in [-0.3, -0.25) is 13.8 Å². The van der Waals surface area contributed by atoms with Gasteiger partial charge in [-0.25, -0.2) is 4.57 Å². The van der Waals surface area contributed by atoms with Gasteiger partial charge in [0, 0.05) is 6.42 Å². The van der Waals surface area contributed by atoms with Gasteiger partial charge >= 0.3 is 7.82 Å². The van der Waals surface area contributed by atoms with E-state index in [-0.39, 0.29) is 19.1 Å². The summed E-state index contributed by atoms with van der Waals surface area (Å²) < 4.78 is 23.5. The van der Waals surface area contributed by atoms with E-state index in [0.717, 1.165) is 38.5 Å². The minimum Gasteiger partial charge on any atom is -0.391 e. The van der Waals surface area contributed by atoms with Crippen molar-refractivity contribution in [3.63, 3.8) is 0 Å². The van der Waals surface area contributed by atoms with Crippen LogP contribution in [0.1, 0.15) is 194 Å². The molecular weight excluding hydrogens is 623 g/mol. The van der Waals surface area contributed by atoms with Gasteiger partial charge in [-0.15, -0.1) is 0 Å². The molecule has 0 fully saturated rings. The lowest BCUT2D eigenvalue weighted by Crippen LogP contribution is -2.46. The van der Waals surface area contributed by atoms with Crippen LogP contribution < -0.4 is 5.32 Å². The Balaban J connectivity index is 4.30. The first kappa shape index (κ1) is 47.5. The average molecular weight is 706 g/mol. The third-order valence-electron chi connectivity index (χ3n) is 9.36. The average Bonchev–Trinajstić information content (AvgIpc) is 3.02.